The van der Waals surface area contributed by atoms with Gasteiger partial charge in [-0.05, 0) is 68.7 Å². The second-order valence-corrected chi connectivity index (χ2v) is 13.2. The van der Waals surface area contributed by atoms with E-state index < -0.39 is 35.7 Å². The van der Waals surface area contributed by atoms with E-state index in [0.29, 0.717) is 48.4 Å². The van der Waals surface area contributed by atoms with Crippen molar-refractivity contribution in [1.82, 2.24) is 20.4 Å². The fourth-order valence-electron chi connectivity index (χ4n) is 6.44. The van der Waals surface area contributed by atoms with Crippen LogP contribution in [-0.4, -0.2) is 88.9 Å². The Hall–Kier alpha value is -6.06. The highest BCUT2D eigenvalue weighted by Crippen LogP contribution is 2.34. The number of carbonyl (C=O) groups is 10. The standard InChI is InChI=1S/C21H23N3O5.C8H12N2O3.C8H7NO2/c1-11-5-7-12(8-6-11)18(26)22-14-4-2-3-13-17(14)21(29)24(20(13)28)15-9-10-16(25)23-19(15)27;1-5(11)10(2)6-3-4-7(12)9-8(6)13;10-5-7-3-1-2-4-8(7)9-6-11/h2-4,11-12,15H,5-10H2,1H3,(H,22,26)(H,23,25,27);6H,3-4H2,1-2H3,(H,9,12,13);1-6H,(H,9,11). The second kappa shape index (κ2) is 17.9. The number of piperidine rings is 2. The molecule has 16 heteroatoms. The van der Waals surface area contributed by atoms with E-state index in [9.17, 15) is 47.9 Å². The third-order valence-corrected chi connectivity index (χ3v) is 9.59. The molecule has 2 aromatic carbocycles. The van der Waals surface area contributed by atoms with Gasteiger partial charge in [0, 0.05) is 38.3 Å². The first kappa shape index (κ1) is 39.7. The zero-order valence-electron chi connectivity index (χ0n) is 29.6. The smallest absolute Gasteiger partial charge is 0.264 e. The van der Waals surface area contributed by atoms with E-state index in [4.69, 9.17) is 0 Å². The molecule has 2 unspecified atom stereocenters. The maximum atomic E-state index is 13.0. The Morgan fingerprint density at radius 1 is 0.792 bits per heavy atom. The number of likely N-dealkylation sites (N-methyl/N-ethyl adjacent to an activating group) is 1. The van der Waals surface area contributed by atoms with Gasteiger partial charge in [-0.25, -0.2) is 0 Å². The quantitative estimate of drug-likeness (QED) is 0.240. The first-order valence-electron chi connectivity index (χ1n) is 17.2. The molecular weight excluding hydrogens is 688 g/mol. The molecule has 3 fully saturated rings. The molecule has 0 bridgehead atoms. The van der Waals surface area contributed by atoms with Crippen molar-refractivity contribution in [3.8, 4) is 0 Å². The number of amides is 9. The van der Waals surface area contributed by atoms with Crippen LogP contribution in [0.2, 0.25) is 0 Å². The lowest BCUT2D eigenvalue weighted by atomic mass is 9.82. The molecule has 4 aliphatic rings. The number of anilines is 2. The van der Waals surface area contributed by atoms with Crippen molar-refractivity contribution in [2.75, 3.05) is 17.7 Å². The van der Waals surface area contributed by atoms with Gasteiger partial charge in [-0.2, -0.15) is 0 Å². The number of nitrogens with zero attached hydrogens (tertiary/aromatic N) is 2. The Balaban J connectivity index is 0.000000215. The Bertz CT molecular complexity index is 1820. The number of hydrogen-bond donors (Lipinski definition) is 4. The first-order valence-corrected chi connectivity index (χ1v) is 17.2. The fourth-order valence-corrected chi connectivity index (χ4v) is 6.44. The summed E-state index contributed by atoms with van der Waals surface area (Å²) in [6.07, 6.45) is 5.71. The fraction of sp³-hybridized carbons (Fsp3) is 0.405. The van der Waals surface area contributed by atoms with E-state index in [1.165, 1.54) is 17.9 Å². The molecule has 2 saturated heterocycles. The van der Waals surface area contributed by atoms with Gasteiger partial charge in [0.25, 0.3) is 11.8 Å². The maximum absolute atomic E-state index is 13.0. The molecule has 3 heterocycles. The average molecular weight is 731 g/mol. The number of nitrogens with one attached hydrogen (secondary N) is 4. The van der Waals surface area contributed by atoms with Gasteiger partial charge < -0.3 is 15.5 Å². The van der Waals surface area contributed by atoms with Crippen molar-refractivity contribution in [2.24, 2.45) is 11.8 Å². The van der Waals surface area contributed by atoms with Crippen LogP contribution in [0.1, 0.15) is 96.3 Å². The largest absolute Gasteiger partial charge is 0.334 e. The van der Waals surface area contributed by atoms with E-state index in [-0.39, 0.29) is 53.5 Å². The number of para-hydroxylation sites is 1. The molecule has 1 aliphatic carbocycles. The second-order valence-electron chi connectivity index (χ2n) is 13.2. The highest BCUT2D eigenvalue weighted by atomic mass is 16.2. The zero-order chi connectivity index (χ0) is 38.8. The van der Waals surface area contributed by atoms with E-state index in [0.717, 1.165) is 30.6 Å². The SMILES string of the molecule is CC(=O)N(C)C1CCC(=O)NC1=O.CC1CCC(C(=O)Nc2cccc3c2C(=O)N(C2CCC(=O)NC2=O)C3=O)CC1.O=CNc1ccccc1C=O. The molecule has 0 spiro atoms. The molecule has 2 aromatic rings. The summed E-state index contributed by atoms with van der Waals surface area (Å²) >= 11 is 0. The molecule has 0 radical (unpaired) electrons. The predicted molar refractivity (Wildman–Crippen MR) is 189 cm³/mol. The molecule has 1 saturated carbocycles. The lowest BCUT2D eigenvalue weighted by Gasteiger charge is -2.28. The highest BCUT2D eigenvalue weighted by molar-refractivity contribution is 6.26. The monoisotopic (exact) mass is 730 g/mol. The molecule has 2 atom stereocenters. The van der Waals surface area contributed by atoms with Crippen LogP contribution >= 0.6 is 0 Å². The van der Waals surface area contributed by atoms with Crippen molar-refractivity contribution >= 4 is 71.3 Å². The number of hydrogen-bond acceptors (Lipinski definition) is 10. The number of aldehydes is 1. The molecule has 4 N–H and O–H groups in total. The minimum Gasteiger partial charge on any atom is -0.334 e. The normalized spacial score (nSPS) is 22.1. The van der Waals surface area contributed by atoms with E-state index in [1.807, 2.05) is 0 Å². The van der Waals surface area contributed by atoms with Crippen LogP contribution in [-0.2, 0) is 33.6 Å². The summed E-state index contributed by atoms with van der Waals surface area (Å²) in [7, 11) is 1.56. The number of carbonyl (C=O) groups excluding carboxylic acids is 10. The van der Waals surface area contributed by atoms with Crippen LogP contribution in [0.3, 0.4) is 0 Å². The molecular formula is C37H42N6O10. The van der Waals surface area contributed by atoms with Gasteiger partial charge in [-0.3, -0.25) is 63.5 Å². The summed E-state index contributed by atoms with van der Waals surface area (Å²) in [6, 6.07) is 9.99. The number of rotatable bonds is 7. The highest BCUT2D eigenvalue weighted by Gasteiger charge is 2.46. The van der Waals surface area contributed by atoms with Gasteiger partial charge in [0.1, 0.15) is 12.1 Å². The van der Waals surface area contributed by atoms with Gasteiger partial charge in [0.15, 0.2) is 6.29 Å². The van der Waals surface area contributed by atoms with Crippen LogP contribution in [0.25, 0.3) is 0 Å². The van der Waals surface area contributed by atoms with Crippen molar-refractivity contribution < 1.29 is 47.9 Å². The Morgan fingerprint density at radius 3 is 2.02 bits per heavy atom. The van der Waals surface area contributed by atoms with Crippen LogP contribution in [0, 0.1) is 11.8 Å². The topological polar surface area (TPSA) is 225 Å². The Morgan fingerprint density at radius 2 is 1.42 bits per heavy atom. The number of fused-ring (bicyclic) bond motifs is 1. The van der Waals surface area contributed by atoms with Crippen LogP contribution < -0.4 is 21.3 Å². The summed E-state index contributed by atoms with van der Waals surface area (Å²) < 4.78 is 0. The molecule has 0 aromatic heterocycles. The summed E-state index contributed by atoms with van der Waals surface area (Å²) in [6.45, 7) is 3.57. The molecule has 3 aliphatic heterocycles. The minimum atomic E-state index is -1.02. The van der Waals surface area contributed by atoms with Crippen molar-refractivity contribution in [2.45, 2.75) is 77.3 Å². The predicted octanol–water partition coefficient (Wildman–Crippen LogP) is 2.19. The average Bonchev–Trinajstić information content (AvgIpc) is 3.38. The summed E-state index contributed by atoms with van der Waals surface area (Å²) in [4.78, 5) is 118. The van der Waals surface area contributed by atoms with Gasteiger partial charge in [0.2, 0.25) is 41.9 Å². The maximum Gasteiger partial charge on any atom is 0.264 e. The Labute approximate surface area is 305 Å². The zero-order valence-corrected chi connectivity index (χ0v) is 29.6. The van der Waals surface area contributed by atoms with Crippen LogP contribution in [0.15, 0.2) is 42.5 Å². The van der Waals surface area contributed by atoms with E-state index >= 15 is 0 Å². The molecule has 9 amide bonds. The summed E-state index contributed by atoms with van der Waals surface area (Å²) in [5, 5.41) is 9.61. The summed E-state index contributed by atoms with van der Waals surface area (Å²) in [5.74, 6) is -2.74. The summed E-state index contributed by atoms with van der Waals surface area (Å²) in [5.41, 5.74) is 1.59. The lowest BCUT2D eigenvalue weighted by Crippen LogP contribution is -2.54. The number of imide groups is 3. The lowest BCUT2D eigenvalue weighted by molar-refractivity contribution is -0.143. The van der Waals surface area contributed by atoms with Crippen LogP contribution in [0.4, 0.5) is 11.4 Å². The third-order valence-electron chi connectivity index (χ3n) is 9.59. The van der Waals surface area contributed by atoms with Crippen molar-refractivity contribution in [3.63, 3.8) is 0 Å². The van der Waals surface area contributed by atoms with Crippen molar-refractivity contribution in [3.05, 3.63) is 59.2 Å². The third kappa shape index (κ3) is 9.64. The van der Waals surface area contributed by atoms with Crippen LogP contribution in [0.5, 0.6) is 0 Å². The van der Waals surface area contributed by atoms with Gasteiger partial charge >= 0.3 is 0 Å². The molecule has 280 valence electrons. The first-order chi connectivity index (χ1) is 25.3. The van der Waals surface area contributed by atoms with Gasteiger partial charge in [-0.1, -0.05) is 25.1 Å². The van der Waals surface area contributed by atoms with E-state index in [1.54, 1.807) is 43.4 Å². The minimum absolute atomic E-state index is 0.0630. The molecule has 53 heavy (non-hydrogen) atoms. The Kier molecular flexibility index (Phi) is 13.4. The van der Waals surface area contributed by atoms with E-state index in [2.05, 4.69) is 28.2 Å². The van der Waals surface area contributed by atoms with Gasteiger partial charge in [0.05, 0.1) is 22.5 Å². The molecule has 6 rings (SSSR count). The molecule has 16 nitrogen and oxygen atoms in total. The number of benzene rings is 2. The van der Waals surface area contributed by atoms with Crippen molar-refractivity contribution in [1.29, 1.82) is 0 Å². The van der Waals surface area contributed by atoms with Gasteiger partial charge in [-0.15, -0.1) is 0 Å².